The predicted molar refractivity (Wildman–Crippen MR) is 87.6 cm³/mol. The number of hydrogen-bond donors (Lipinski definition) is 2. The average molecular weight is 395 g/mol. The normalized spacial score (nSPS) is 14.7. The van der Waals surface area contributed by atoms with Gasteiger partial charge in [0.25, 0.3) is 0 Å². The Morgan fingerprint density at radius 3 is 2.75 bits per heavy atom. The number of rotatable bonds is 5. The van der Waals surface area contributed by atoms with Crippen molar-refractivity contribution in [2.45, 2.75) is 32.2 Å². The van der Waals surface area contributed by atoms with E-state index in [-0.39, 0.29) is 29.8 Å². The Kier molecular flexibility index (Phi) is 7.18. The predicted octanol–water partition coefficient (Wildman–Crippen LogP) is 2.84. The van der Waals surface area contributed by atoms with Crippen molar-refractivity contribution < 1.29 is 8.78 Å². The lowest BCUT2D eigenvalue weighted by atomic mass is 10.1. The van der Waals surface area contributed by atoms with Gasteiger partial charge in [0.1, 0.15) is 11.6 Å². The number of hydrogen-bond acceptors (Lipinski definition) is 1. The molecule has 0 spiro atoms. The van der Waals surface area contributed by atoms with Gasteiger partial charge in [0.2, 0.25) is 0 Å². The van der Waals surface area contributed by atoms with Crippen LogP contribution >= 0.6 is 24.0 Å². The lowest BCUT2D eigenvalue weighted by Crippen LogP contribution is -2.38. The van der Waals surface area contributed by atoms with Crippen LogP contribution in [-0.4, -0.2) is 25.1 Å². The zero-order chi connectivity index (χ0) is 13.7. The first-order chi connectivity index (χ1) is 9.19. The first-order valence-electron chi connectivity index (χ1n) is 6.68. The zero-order valence-corrected chi connectivity index (χ0v) is 13.8. The summed E-state index contributed by atoms with van der Waals surface area (Å²) in [7, 11) is 0. The third kappa shape index (κ3) is 5.60. The lowest BCUT2D eigenvalue weighted by Gasteiger charge is -2.10. The highest BCUT2D eigenvalue weighted by atomic mass is 127. The van der Waals surface area contributed by atoms with Crippen LogP contribution in [0.1, 0.15) is 25.3 Å². The van der Waals surface area contributed by atoms with Crippen LogP contribution in [0, 0.1) is 11.6 Å². The van der Waals surface area contributed by atoms with E-state index in [0.29, 0.717) is 24.6 Å². The standard InChI is InChI=1S/C14H19F2N3.HI/c1-2-17-14(19-12-4-5-12)18-8-7-10-9-11(15)3-6-13(10)16;/h3,6,9,12H,2,4-5,7-8H2,1H3,(H2,17,18,19);1H. The van der Waals surface area contributed by atoms with Gasteiger partial charge < -0.3 is 10.6 Å². The van der Waals surface area contributed by atoms with E-state index < -0.39 is 5.82 Å². The van der Waals surface area contributed by atoms with Gasteiger partial charge in [-0.25, -0.2) is 8.78 Å². The number of nitrogens with one attached hydrogen (secondary N) is 2. The minimum Gasteiger partial charge on any atom is -0.357 e. The maximum absolute atomic E-state index is 13.4. The third-order valence-electron chi connectivity index (χ3n) is 2.92. The topological polar surface area (TPSA) is 36.4 Å². The number of benzene rings is 1. The van der Waals surface area contributed by atoms with E-state index >= 15 is 0 Å². The Bertz CT molecular complexity index is 462. The second-order valence-electron chi connectivity index (χ2n) is 4.67. The van der Waals surface area contributed by atoms with E-state index in [1.807, 2.05) is 6.92 Å². The largest absolute Gasteiger partial charge is 0.357 e. The van der Waals surface area contributed by atoms with Gasteiger partial charge in [-0.3, -0.25) is 4.99 Å². The molecule has 0 unspecified atom stereocenters. The van der Waals surface area contributed by atoms with Gasteiger partial charge in [0.05, 0.1) is 0 Å². The minimum absolute atomic E-state index is 0. The molecule has 112 valence electrons. The summed E-state index contributed by atoms with van der Waals surface area (Å²) in [6.07, 6.45) is 2.73. The van der Waals surface area contributed by atoms with E-state index in [1.165, 1.54) is 18.9 Å². The van der Waals surface area contributed by atoms with E-state index in [4.69, 9.17) is 0 Å². The molecule has 20 heavy (non-hydrogen) atoms. The number of nitrogens with zero attached hydrogens (tertiary/aromatic N) is 1. The minimum atomic E-state index is -0.414. The van der Waals surface area contributed by atoms with Crippen molar-refractivity contribution in [1.29, 1.82) is 0 Å². The molecule has 2 rings (SSSR count). The Hall–Kier alpha value is -0.920. The highest BCUT2D eigenvalue weighted by Crippen LogP contribution is 2.18. The second-order valence-corrected chi connectivity index (χ2v) is 4.67. The maximum Gasteiger partial charge on any atom is 0.191 e. The highest BCUT2D eigenvalue weighted by Gasteiger charge is 2.21. The van der Waals surface area contributed by atoms with Gasteiger partial charge in [-0.2, -0.15) is 0 Å². The molecule has 1 aromatic rings. The van der Waals surface area contributed by atoms with Crippen LogP contribution in [0.2, 0.25) is 0 Å². The molecule has 0 heterocycles. The summed E-state index contributed by atoms with van der Waals surface area (Å²) in [5, 5.41) is 6.41. The second kappa shape index (κ2) is 8.39. The summed E-state index contributed by atoms with van der Waals surface area (Å²) in [5.74, 6) is -0.0399. The van der Waals surface area contributed by atoms with Crippen molar-refractivity contribution in [1.82, 2.24) is 10.6 Å². The van der Waals surface area contributed by atoms with Crippen LogP contribution in [0.25, 0.3) is 0 Å². The third-order valence-corrected chi connectivity index (χ3v) is 2.92. The molecule has 0 saturated heterocycles. The molecule has 3 nitrogen and oxygen atoms in total. The van der Waals surface area contributed by atoms with Crippen LogP contribution in [0.15, 0.2) is 23.2 Å². The van der Waals surface area contributed by atoms with Gasteiger partial charge in [-0.15, -0.1) is 24.0 Å². The smallest absolute Gasteiger partial charge is 0.191 e. The van der Waals surface area contributed by atoms with Crippen molar-refractivity contribution in [2.75, 3.05) is 13.1 Å². The molecule has 0 bridgehead atoms. The molecular formula is C14H20F2IN3. The maximum atomic E-state index is 13.4. The summed E-state index contributed by atoms with van der Waals surface area (Å²) in [6.45, 7) is 3.21. The highest BCUT2D eigenvalue weighted by molar-refractivity contribution is 14.0. The van der Waals surface area contributed by atoms with Gasteiger partial charge in [-0.05, 0) is 49.9 Å². The summed E-state index contributed by atoms with van der Waals surface area (Å²) < 4.78 is 26.4. The quantitative estimate of drug-likeness (QED) is 0.457. The van der Waals surface area contributed by atoms with E-state index in [9.17, 15) is 8.78 Å². The van der Waals surface area contributed by atoms with Crippen LogP contribution in [-0.2, 0) is 6.42 Å². The van der Waals surface area contributed by atoms with Crippen LogP contribution in [0.5, 0.6) is 0 Å². The summed E-state index contributed by atoms with van der Waals surface area (Å²) in [6, 6.07) is 4.03. The van der Waals surface area contributed by atoms with Crippen molar-refractivity contribution in [3.8, 4) is 0 Å². The monoisotopic (exact) mass is 395 g/mol. The van der Waals surface area contributed by atoms with Gasteiger partial charge in [0.15, 0.2) is 5.96 Å². The molecular weight excluding hydrogens is 375 g/mol. The Labute approximate surface area is 135 Å². The Morgan fingerprint density at radius 1 is 1.35 bits per heavy atom. The zero-order valence-electron chi connectivity index (χ0n) is 11.5. The van der Waals surface area contributed by atoms with Gasteiger partial charge in [-0.1, -0.05) is 0 Å². The molecule has 1 aliphatic carbocycles. The summed E-state index contributed by atoms with van der Waals surface area (Å²) in [5.41, 5.74) is 0.367. The van der Waals surface area contributed by atoms with Crippen LogP contribution < -0.4 is 10.6 Å². The van der Waals surface area contributed by atoms with Crippen LogP contribution in [0.4, 0.5) is 8.78 Å². The van der Waals surface area contributed by atoms with E-state index in [1.54, 1.807) is 0 Å². The molecule has 2 N–H and O–H groups in total. The fourth-order valence-electron chi connectivity index (χ4n) is 1.76. The van der Waals surface area contributed by atoms with Gasteiger partial charge >= 0.3 is 0 Å². The molecule has 1 saturated carbocycles. The van der Waals surface area contributed by atoms with Crippen molar-refractivity contribution >= 4 is 29.9 Å². The molecule has 0 radical (unpaired) electrons. The number of aliphatic imine (C=N–C) groups is 1. The van der Waals surface area contributed by atoms with Crippen molar-refractivity contribution in [3.05, 3.63) is 35.4 Å². The average Bonchev–Trinajstić information content (AvgIpc) is 3.18. The van der Waals surface area contributed by atoms with Gasteiger partial charge in [0, 0.05) is 19.1 Å². The fourth-order valence-corrected chi connectivity index (χ4v) is 1.76. The van der Waals surface area contributed by atoms with Crippen molar-refractivity contribution in [3.63, 3.8) is 0 Å². The van der Waals surface area contributed by atoms with E-state index in [2.05, 4.69) is 15.6 Å². The molecule has 1 aromatic carbocycles. The molecule has 1 fully saturated rings. The number of halogens is 3. The molecule has 6 heteroatoms. The number of guanidine groups is 1. The fraction of sp³-hybridized carbons (Fsp3) is 0.500. The molecule has 0 amide bonds. The Balaban J connectivity index is 0.00000200. The summed E-state index contributed by atoms with van der Waals surface area (Å²) in [4.78, 5) is 4.36. The first-order valence-corrected chi connectivity index (χ1v) is 6.68. The molecule has 1 aliphatic rings. The molecule has 0 aliphatic heterocycles. The summed E-state index contributed by atoms with van der Waals surface area (Å²) >= 11 is 0. The lowest BCUT2D eigenvalue weighted by molar-refractivity contribution is 0.585. The Morgan fingerprint density at radius 2 is 2.10 bits per heavy atom. The molecule has 0 aromatic heterocycles. The SMILES string of the molecule is CCNC(=NCCc1cc(F)ccc1F)NC1CC1.I. The first kappa shape index (κ1) is 17.1. The van der Waals surface area contributed by atoms with E-state index in [0.717, 1.165) is 24.6 Å². The van der Waals surface area contributed by atoms with Crippen molar-refractivity contribution in [2.24, 2.45) is 4.99 Å². The molecule has 0 atom stereocenters. The van der Waals surface area contributed by atoms with Crippen LogP contribution in [0.3, 0.4) is 0 Å².